The Kier molecular flexibility index (Phi) is 13.2. The summed E-state index contributed by atoms with van der Waals surface area (Å²) in [6.45, 7) is 3.23. The van der Waals surface area contributed by atoms with E-state index >= 15 is 0 Å². The first-order valence-electron chi connectivity index (χ1n) is 15.1. The van der Waals surface area contributed by atoms with Gasteiger partial charge in [-0.2, -0.15) is 0 Å². The number of benzene rings is 6. The van der Waals surface area contributed by atoms with Gasteiger partial charge >= 0.3 is 48.9 Å². The summed E-state index contributed by atoms with van der Waals surface area (Å²) in [6, 6.07) is 21.6. The predicted octanol–water partition coefficient (Wildman–Crippen LogP) is 7.78. The van der Waals surface area contributed by atoms with Crippen LogP contribution in [0.25, 0.3) is 21.5 Å². The summed E-state index contributed by atoms with van der Waals surface area (Å²) in [6.07, 6.45) is 0. The minimum Gasteiger partial charge on any atom is -0.744 e. The fourth-order valence-electron chi connectivity index (χ4n) is 5.29. The van der Waals surface area contributed by atoms with E-state index in [2.05, 4.69) is 20.5 Å². The molecule has 21 heteroatoms. The molecule has 0 saturated carbocycles. The summed E-state index contributed by atoms with van der Waals surface area (Å²) in [5.41, 5.74) is 0.276. The van der Waals surface area contributed by atoms with E-state index in [1.807, 2.05) is 0 Å². The molecule has 0 spiro atoms. The van der Waals surface area contributed by atoms with Gasteiger partial charge in [-0.1, -0.05) is 48.5 Å². The van der Waals surface area contributed by atoms with Crippen LogP contribution in [0.4, 0.5) is 34.1 Å². The molecule has 0 radical (unpaired) electrons. The van der Waals surface area contributed by atoms with Crippen LogP contribution in [-0.4, -0.2) is 94.9 Å². The van der Waals surface area contributed by atoms with Gasteiger partial charge in [0, 0.05) is 33.7 Å². The molecule has 0 heterocycles. The first-order valence-corrected chi connectivity index (χ1v) is 17.9. The number of aryl methyl sites for hydroxylation is 2. The van der Waals surface area contributed by atoms with Gasteiger partial charge in [0.15, 0.2) is 11.4 Å². The van der Waals surface area contributed by atoms with Gasteiger partial charge in [0.2, 0.25) is 0 Å². The Balaban J connectivity index is 0.000000240. The predicted molar refractivity (Wildman–Crippen MR) is 197 cm³/mol. The number of hydrogen-bond donors (Lipinski definition) is 2. The Morgan fingerprint density at radius 1 is 0.491 bits per heavy atom. The standard InChI is InChI=1S/2C17H13N3O6S.Ba/c2*1-10-4-2-6-13(20(22)23)16(10)18-19-17-12-5-3-7-15(27(24,25)26)11(12)8-9-14(17)21;/h2*2-9,21H,1H3,(H,24,25,26);/q;;+2/p-2. The minimum absolute atomic E-state index is 0. The Morgan fingerprint density at radius 2 is 0.818 bits per heavy atom. The Bertz CT molecular complexity index is 2610. The fourth-order valence-corrected chi connectivity index (χ4v) is 6.68. The van der Waals surface area contributed by atoms with Crippen molar-refractivity contribution in [2.75, 3.05) is 0 Å². The fraction of sp³-hybridized carbons (Fsp3) is 0.0588. The summed E-state index contributed by atoms with van der Waals surface area (Å²) in [4.78, 5) is 20.2. The van der Waals surface area contributed by atoms with Gasteiger partial charge in [0.05, 0.1) is 19.6 Å². The molecule has 6 aromatic carbocycles. The summed E-state index contributed by atoms with van der Waals surface area (Å²) < 4.78 is 68.6. The monoisotopic (exact) mass is 910 g/mol. The number of rotatable bonds is 8. The molecule has 0 atom stereocenters. The zero-order chi connectivity index (χ0) is 39.5. The summed E-state index contributed by atoms with van der Waals surface area (Å²) in [7, 11) is -9.49. The summed E-state index contributed by atoms with van der Waals surface area (Å²) >= 11 is 0. The van der Waals surface area contributed by atoms with Crippen molar-refractivity contribution in [2.24, 2.45) is 20.5 Å². The number of phenolic OH excluding ortho intramolecular Hbond substituents is 2. The van der Waals surface area contributed by atoms with E-state index in [1.165, 1.54) is 72.8 Å². The summed E-state index contributed by atoms with van der Waals surface area (Å²) in [5, 5.41) is 58.7. The second kappa shape index (κ2) is 17.1. The third-order valence-electron chi connectivity index (χ3n) is 7.81. The van der Waals surface area contributed by atoms with Crippen molar-refractivity contribution >= 4 is 125 Å². The van der Waals surface area contributed by atoms with Crippen molar-refractivity contribution in [3.05, 3.63) is 128 Å². The molecule has 0 saturated heterocycles. The van der Waals surface area contributed by atoms with Crippen molar-refractivity contribution in [1.29, 1.82) is 0 Å². The SMILES string of the molecule is Cc1cccc([N+](=O)[O-])c1N=Nc1c(O)ccc2c(S(=O)(=O)[O-])cccc12.Cc1cccc([N+](=O)[O-])c1N=Nc1c(O)ccc2c(S(=O)(=O)[O-])cccc12.[Ba+2]. The summed E-state index contributed by atoms with van der Waals surface area (Å²) in [5.74, 6) is -0.633. The van der Waals surface area contributed by atoms with Crippen LogP contribution in [0, 0.1) is 34.1 Å². The Labute approximate surface area is 351 Å². The largest absolute Gasteiger partial charge is 2.00 e. The quantitative estimate of drug-likeness (QED) is 0.0486. The number of nitrogens with zero attached hydrogens (tertiary/aromatic N) is 6. The van der Waals surface area contributed by atoms with Crippen LogP contribution in [0.2, 0.25) is 0 Å². The van der Waals surface area contributed by atoms with E-state index in [4.69, 9.17) is 0 Å². The van der Waals surface area contributed by atoms with Crippen molar-refractivity contribution in [1.82, 2.24) is 0 Å². The zero-order valence-corrected chi connectivity index (χ0v) is 34.5. The number of fused-ring (bicyclic) bond motifs is 2. The molecular formula is C34H24BaN6O12S2. The maximum Gasteiger partial charge on any atom is 2.00 e. The van der Waals surface area contributed by atoms with Crippen LogP contribution in [-0.2, 0) is 20.2 Å². The van der Waals surface area contributed by atoms with Crippen molar-refractivity contribution in [3.8, 4) is 11.5 Å². The van der Waals surface area contributed by atoms with Gasteiger partial charge in [-0.05, 0) is 61.4 Å². The maximum atomic E-state index is 11.4. The zero-order valence-electron chi connectivity index (χ0n) is 28.4. The molecule has 0 aromatic heterocycles. The molecule has 0 unspecified atom stereocenters. The van der Waals surface area contributed by atoms with E-state index in [-0.39, 0.29) is 116 Å². The van der Waals surface area contributed by atoms with Gasteiger partial charge in [-0.3, -0.25) is 20.2 Å². The van der Waals surface area contributed by atoms with Crippen LogP contribution in [0.1, 0.15) is 11.1 Å². The molecule has 276 valence electrons. The third kappa shape index (κ3) is 9.38. The topological polar surface area (TPSA) is 291 Å². The number of nitro benzene ring substituents is 2. The molecule has 6 rings (SSSR count). The Hall–Kier alpha value is -5.17. The molecule has 55 heavy (non-hydrogen) atoms. The van der Waals surface area contributed by atoms with Gasteiger partial charge in [-0.15, -0.1) is 20.5 Å². The van der Waals surface area contributed by atoms with E-state index in [0.717, 1.165) is 12.1 Å². The van der Waals surface area contributed by atoms with Crippen molar-refractivity contribution < 1.29 is 46.0 Å². The van der Waals surface area contributed by atoms with Gasteiger partial charge in [0.1, 0.15) is 43.1 Å². The normalized spacial score (nSPS) is 11.7. The molecule has 0 aliphatic carbocycles. The maximum absolute atomic E-state index is 11.4. The van der Waals surface area contributed by atoms with E-state index in [0.29, 0.717) is 11.1 Å². The van der Waals surface area contributed by atoms with Crippen LogP contribution in [0.15, 0.2) is 127 Å². The third-order valence-corrected chi connectivity index (χ3v) is 9.60. The van der Waals surface area contributed by atoms with Crippen LogP contribution in [0.3, 0.4) is 0 Å². The second-order valence-electron chi connectivity index (χ2n) is 11.3. The average Bonchev–Trinajstić information content (AvgIpc) is 3.10. The van der Waals surface area contributed by atoms with Crippen LogP contribution >= 0.6 is 0 Å². The smallest absolute Gasteiger partial charge is 0.744 e. The van der Waals surface area contributed by atoms with Crippen molar-refractivity contribution in [3.63, 3.8) is 0 Å². The van der Waals surface area contributed by atoms with Crippen LogP contribution in [0.5, 0.6) is 11.5 Å². The molecule has 2 N–H and O–H groups in total. The number of hydrogen-bond acceptors (Lipinski definition) is 16. The molecule has 0 bridgehead atoms. The molecular weight excluding hydrogens is 886 g/mol. The van der Waals surface area contributed by atoms with E-state index in [9.17, 15) is 56.4 Å². The number of nitro groups is 2. The first kappa shape index (κ1) is 42.6. The van der Waals surface area contributed by atoms with Crippen molar-refractivity contribution in [2.45, 2.75) is 23.6 Å². The number of phenols is 2. The molecule has 0 amide bonds. The molecule has 18 nitrogen and oxygen atoms in total. The van der Waals surface area contributed by atoms with E-state index < -0.39 is 39.9 Å². The van der Waals surface area contributed by atoms with Gasteiger partial charge in [-0.25, -0.2) is 16.8 Å². The second-order valence-corrected chi connectivity index (χ2v) is 14.0. The number of aromatic hydroxyl groups is 2. The minimum atomic E-state index is -4.74. The van der Waals surface area contributed by atoms with E-state index in [1.54, 1.807) is 26.0 Å². The molecule has 0 fully saturated rings. The van der Waals surface area contributed by atoms with Gasteiger partial charge < -0.3 is 19.3 Å². The van der Waals surface area contributed by atoms with Crippen LogP contribution < -0.4 is 0 Å². The molecule has 0 aliphatic heterocycles. The Morgan fingerprint density at radius 3 is 1.15 bits per heavy atom. The number of azo groups is 2. The first-order chi connectivity index (χ1) is 25.4. The van der Waals surface area contributed by atoms with Gasteiger partial charge in [0.25, 0.3) is 11.4 Å². The molecule has 0 aliphatic rings. The molecule has 6 aromatic rings. The average molecular weight is 910 g/mol.